The van der Waals surface area contributed by atoms with Gasteiger partial charge in [-0.2, -0.15) is 5.01 Å². The summed E-state index contributed by atoms with van der Waals surface area (Å²) in [7, 11) is 0. The SMILES string of the molecule is OC1CCCN1Nc1cccc2ccncc12. The van der Waals surface area contributed by atoms with E-state index in [1.165, 1.54) is 0 Å². The Balaban J connectivity index is 1.94. The largest absolute Gasteiger partial charge is 0.377 e. The third-order valence-electron chi connectivity index (χ3n) is 3.17. The molecule has 1 saturated heterocycles. The van der Waals surface area contributed by atoms with Gasteiger partial charge in [-0.15, -0.1) is 0 Å². The summed E-state index contributed by atoms with van der Waals surface area (Å²) in [4.78, 5) is 4.15. The predicted octanol–water partition coefficient (Wildman–Crippen LogP) is 1.98. The predicted molar refractivity (Wildman–Crippen MR) is 67.3 cm³/mol. The molecule has 0 aliphatic carbocycles. The minimum atomic E-state index is -0.387. The summed E-state index contributed by atoms with van der Waals surface area (Å²) in [5.41, 5.74) is 4.27. The second-order valence-electron chi connectivity index (χ2n) is 4.33. The summed E-state index contributed by atoms with van der Waals surface area (Å²) in [6, 6.07) is 8.06. The van der Waals surface area contributed by atoms with Crippen LogP contribution < -0.4 is 5.43 Å². The van der Waals surface area contributed by atoms with Crippen LogP contribution in [-0.2, 0) is 0 Å². The van der Waals surface area contributed by atoms with Crippen molar-refractivity contribution in [2.24, 2.45) is 0 Å². The van der Waals surface area contributed by atoms with E-state index in [0.717, 1.165) is 35.8 Å². The van der Waals surface area contributed by atoms with Gasteiger partial charge >= 0.3 is 0 Å². The number of anilines is 1. The van der Waals surface area contributed by atoms with E-state index in [0.29, 0.717) is 0 Å². The molecule has 1 aliphatic rings. The van der Waals surface area contributed by atoms with E-state index in [1.54, 1.807) is 6.20 Å². The second-order valence-corrected chi connectivity index (χ2v) is 4.33. The van der Waals surface area contributed by atoms with Crippen molar-refractivity contribution in [3.8, 4) is 0 Å². The van der Waals surface area contributed by atoms with E-state index < -0.39 is 0 Å². The van der Waals surface area contributed by atoms with Crippen molar-refractivity contribution in [1.29, 1.82) is 0 Å². The molecule has 1 aliphatic heterocycles. The first kappa shape index (κ1) is 10.5. The molecule has 1 fully saturated rings. The van der Waals surface area contributed by atoms with Crippen LogP contribution in [0.4, 0.5) is 5.69 Å². The van der Waals surface area contributed by atoms with Crippen LogP contribution >= 0.6 is 0 Å². The van der Waals surface area contributed by atoms with Gasteiger partial charge in [-0.1, -0.05) is 12.1 Å². The van der Waals surface area contributed by atoms with Crippen molar-refractivity contribution in [2.75, 3.05) is 12.0 Å². The molecule has 2 heterocycles. The Morgan fingerprint density at radius 1 is 1.35 bits per heavy atom. The monoisotopic (exact) mass is 229 g/mol. The average Bonchev–Trinajstić information content (AvgIpc) is 2.76. The molecular weight excluding hydrogens is 214 g/mol. The van der Waals surface area contributed by atoms with Gasteiger partial charge in [-0.25, -0.2) is 0 Å². The highest BCUT2D eigenvalue weighted by molar-refractivity contribution is 5.92. The molecule has 0 bridgehead atoms. The van der Waals surface area contributed by atoms with Gasteiger partial charge in [-0.05, 0) is 30.4 Å². The zero-order valence-corrected chi connectivity index (χ0v) is 9.50. The fourth-order valence-electron chi connectivity index (χ4n) is 2.25. The molecular formula is C13H15N3O. The number of hydrogen-bond donors (Lipinski definition) is 2. The third-order valence-corrected chi connectivity index (χ3v) is 3.17. The average molecular weight is 229 g/mol. The third kappa shape index (κ3) is 1.97. The van der Waals surface area contributed by atoms with E-state index in [9.17, 15) is 5.11 Å². The Labute approximate surface area is 99.9 Å². The number of rotatable bonds is 2. The molecule has 1 atom stereocenters. The number of aliphatic hydroxyl groups is 1. The van der Waals surface area contributed by atoms with Gasteiger partial charge in [-0.3, -0.25) is 4.98 Å². The lowest BCUT2D eigenvalue weighted by molar-refractivity contribution is 0.0565. The number of fused-ring (bicyclic) bond motifs is 1. The van der Waals surface area contributed by atoms with E-state index in [1.807, 2.05) is 29.4 Å². The highest BCUT2D eigenvalue weighted by Gasteiger charge is 2.22. The molecule has 2 aromatic rings. The standard InChI is InChI=1S/C13H15N3O/c17-13-5-2-8-16(13)15-12-4-1-3-10-6-7-14-9-11(10)12/h1,3-4,6-7,9,13,15,17H,2,5,8H2. The molecule has 0 saturated carbocycles. The molecule has 0 radical (unpaired) electrons. The summed E-state index contributed by atoms with van der Waals surface area (Å²) in [5, 5.41) is 13.9. The van der Waals surface area contributed by atoms with Crippen molar-refractivity contribution in [2.45, 2.75) is 19.1 Å². The normalized spacial score (nSPS) is 20.9. The maximum absolute atomic E-state index is 9.77. The molecule has 1 unspecified atom stereocenters. The van der Waals surface area contributed by atoms with E-state index >= 15 is 0 Å². The Morgan fingerprint density at radius 3 is 3.12 bits per heavy atom. The number of aromatic nitrogens is 1. The summed E-state index contributed by atoms with van der Waals surface area (Å²) >= 11 is 0. The summed E-state index contributed by atoms with van der Waals surface area (Å²) < 4.78 is 0. The molecule has 0 amide bonds. The van der Waals surface area contributed by atoms with Gasteiger partial charge in [0.05, 0.1) is 5.69 Å². The van der Waals surface area contributed by atoms with Crippen LogP contribution in [-0.4, -0.2) is 27.9 Å². The van der Waals surface area contributed by atoms with Crippen LogP contribution in [0.15, 0.2) is 36.7 Å². The summed E-state index contributed by atoms with van der Waals surface area (Å²) in [5.74, 6) is 0. The van der Waals surface area contributed by atoms with Gasteiger partial charge in [0.15, 0.2) is 0 Å². The van der Waals surface area contributed by atoms with Gasteiger partial charge in [0.1, 0.15) is 6.23 Å². The zero-order chi connectivity index (χ0) is 11.7. The number of nitrogens with one attached hydrogen (secondary N) is 1. The second kappa shape index (κ2) is 4.31. The summed E-state index contributed by atoms with van der Waals surface area (Å²) in [6.45, 7) is 0.873. The van der Waals surface area contributed by atoms with E-state index in [-0.39, 0.29) is 6.23 Å². The van der Waals surface area contributed by atoms with Crippen LogP contribution in [0.5, 0.6) is 0 Å². The lowest BCUT2D eigenvalue weighted by Crippen LogP contribution is -2.34. The van der Waals surface area contributed by atoms with Crippen LogP contribution in [0.2, 0.25) is 0 Å². The van der Waals surface area contributed by atoms with Crippen LogP contribution in [0.25, 0.3) is 10.8 Å². The van der Waals surface area contributed by atoms with Gasteiger partial charge in [0.2, 0.25) is 0 Å². The molecule has 4 nitrogen and oxygen atoms in total. The van der Waals surface area contributed by atoms with Crippen molar-refractivity contribution < 1.29 is 5.11 Å². The molecule has 4 heteroatoms. The quantitative estimate of drug-likeness (QED) is 0.826. The van der Waals surface area contributed by atoms with E-state index in [4.69, 9.17) is 0 Å². The first-order chi connectivity index (χ1) is 8.34. The van der Waals surface area contributed by atoms with Crippen molar-refractivity contribution in [3.05, 3.63) is 36.7 Å². The number of hydrazine groups is 1. The number of hydrogen-bond acceptors (Lipinski definition) is 4. The summed E-state index contributed by atoms with van der Waals surface area (Å²) in [6.07, 6.45) is 5.10. The van der Waals surface area contributed by atoms with Crippen molar-refractivity contribution in [3.63, 3.8) is 0 Å². The molecule has 17 heavy (non-hydrogen) atoms. The Bertz CT molecular complexity index is 524. The minimum absolute atomic E-state index is 0.387. The maximum atomic E-state index is 9.77. The minimum Gasteiger partial charge on any atom is -0.377 e. The number of pyridine rings is 1. The van der Waals surface area contributed by atoms with Crippen LogP contribution in [0.1, 0.15) is 12.8 Å². The first-order valence-corrected chi connectivity index (χ1v) is 5.89. The van der Waals surface area contributed by atoms with Crippen molar-refractivity contribution in [1.82, 2.24) is 9.99 Å². The van der Waals surface area contributed by atoms with Crippen molar-refractivity contribution >= 4 is 16.5 Å². The topological polar surface area (TPSA) is 48.4 Å². The number of aliphatic hydroxyl groups excluding tert-OH is 1. The smallest absolute Gasteiger partial charge is 0.124 e. The molecule has 88 valence electrons. The van der Waals surface area contributed by atoms with Crippen LogP contribution in [0, 0.1) is 0 Å². The fourth-order valence-corrected chi connectivity index (χ4v) is 2.25. The number of benzene rings is 1. The molecule has 2 N–H and O–H groups in total. The Hall–Kier alpha value is -1.65. The molecule has 0 spiro atoms. The Kier molecular flexibility index (Phi) is 2.66. The zero-order valence-electron chi connectivity index (χ0n) is 9.50. The maximum Gasteiger partial charge on any atom is 0.124 e. The Morgan fingerprint density at radius 2 is 2.29 bits per heavy atom. The molecule has 1 aromatic carbocycles. The molecule has 1 aromatic heterocycles. The highest BCUT2D eigenvalue weighted by Crippen LogP contribution is 2.24. The van der Waals surface area contributed by atoms with Gasteiger partial charge in [0.25, 0.3) is 0 Å². The fraction of sp³-hybridized carbons (Fsp3) is 0.308. The lowest BCUT2D eigenvalue weighted by atomic mass is 10.1. The number of nitrogens with zero attached hydrogens (tertiary/aromatic N) is 2. The van der Waals surface area contributed by atoms with Gasteiger partial charge < -0.3 is 10.5 Å². The highest BCUT2D eigenvalue weighted by atomic mass is 16.3. The van der Waals surface area contributed by atoms with Gasteiger partial charge in [0, 0.05) is 24.3 Å². The van der Waals surface area contributed by atoms with Crippen LogP contribution in [0.3, 0.4) is 0 Å². The molecule has 3 rings (SSSR count). The lowest BCUT2D eigenvalue weighted by Gasteiger charge is -2.22. The van der Waals surface area contributed by atoms with E-state index in [2.05, 4.69) is 16.5 Å². The first-order valence-electron chi connectivity index (χ1n) is 5.89.